The maximum Gasteiger partial charge on any atom is 0.310 e. The number of piperidine rings is 1. The molecule has 2 aliphatic heterocycles. The lowest BCUT2D eigenvalue weighted by Crippen LogP contribution is -2.44. The zero-order chi connectivity index (χ0) is 18.7. The molecule has 0 N–H and O–H groups in total. The lowest BCUT2D eigenvalue weighted by Gasteiger charge is -2.31. The predicted octanol–water partition coefficient (Wildman–Crippen LogP) is 2.58. The van der Waals surface area contributed by atoms with E-state index in [0.29, 0.717) is 25.4 Å². The van der Waals surface area contributed by atoms with E-state index < -0.39 is 0 Å². The molecule has 3 rings (SSSR count). The monoisotopic (exact) mass is 361 g/mol. The average molecular weight is 361 g/mol. The summed E-state index contributed by atoms with van der Waals surface area (Å²) >= 11 is 0. The van der Waals surface area contributed by atoms with E-state index in [9.17, 15) is 9.59 Å². The minimum atomic E-state index is -0.258. The van der Waals surface area contributed by atoms with Crippen LogP contribution in [0.15, 0.2) is 18.2 Å². The van der Waals surface area contributed by atoms with Gasteiger partial charge in [0.25, 0.3) is 5.91 Å². The Kier molecular flexibility index (Phi) is 5.39. The second-order valence-electron chi connectivity index (χ2n) is 7.50. The maximum atomic E-state index is 12.5. The summed E-state index contributed by atoms with van der Waals surface area (Å²) in [5, 5.41) is 0. The molecular formula is C20H27NO5. The molecular weight excluding hydrogens is 334 g/mol. The fourth-order valence-electron chi connectivity index (χ4n) is 3.59. The van der Waals surface area contributed by atoms with Crippen LogP contribution in [0.4, 0.5) is 0 Å². The summed E-state index contributed by atoms with van der Waals surface area (Å²) in [5.74, 6) is 0.753. The van der Waals surface area contributed by atoms with Crippen molar-refractivity contribution < 1.29 is 23.8 Å². The molecule has 26 heavy (non-hydrogen) atoms. The van der Waals surface area contributed by atoms with Gasteiger partial charge in [-0.15, -0.1) is 0 Å². The lowest BCUT2D eigenvalue weighted by atomic mass is 9.98. The number of para-hydroxylation sites is 1. The molecule has 6 heteroatoms. The Labute approximate surface area is 154 Å². The molecule has 2 heterocycles. The second-order valence-corrected chi connectivity index (χ2v) is 7.50. The molecule has 1 amide bonds. The summed E-state index contributed by atoms with van der Waals surface area (Å²) in [5.41, 5.74) is 0.839. The molecule has 6 nitrogen and oxygen atoms in total. The topological polar surface area (TPSA) is 65.1 Å². The van der Waals surface area contributed by atoms with Crippen LogP contribution in [0.5, 0.6) is 11.5 Å². The number of amides is 1. The highest BCUT2D eigenvalue weighted by molar-refractivity contribution is 5.79. The molecule has 0 aliphatic carbocycles. The van der Waals surface area contributed by atoms with Gasteiger partial charge in [-0.2, -0.15) is 0 Å². The Morgan fingerprint density at radius 3 is 2.92 bits per heavy atom. The van der Waals surface area contributed by atoms with E-state index in [1.165, 1.54) is 0 Å². The Hall–Kier alpha value is -2.24. The number of hydrogen-bond donors (Lipinski definition) is 0. The van der Waals surface area contributed by atoms with Crippen LogP contribution in [0.2, 0.25) is 0 Å². The van der Waals surface area contributed by atoms with Crippen molar-refractivity contribution in [2.24, 2.45) is 5.92 Å². The van der Waals surface area contributed by atoms with Crippen LogP contribution < -0.4 is 9.47 Å². The molecule has 1 atom stereocenters. The molecule has 0 radical (unpaired) electrons. The van der Waals surface area contributed by atoms with Gasteiger partial charge in [-0.1, -0.05) is 12.1 Å². The van der Waals surface area contributed by atoms with Crippen molar-refractivity contribution in [2.75, 3.05) is 26.3 Å². The largest absolute Gasteiger partial charge is 0.483 e. The Morgan fingerprint density at radius 2 is 2.15 bits per heavy atom. The molecule has 1 saturated heterocycles. The number of fused-ring (bicyclic) bond motifs is 1. The van der Waals surface area contributed by atoms with Crippen molar-refractivity contribution >= 4 is 11.9 Å². The van der Waals surface area contributed by atoms with Crippen molar-refractivity contribution in [2.45, 2.75) is 45.6 Å². The first-order chi connectivity index (χ1) is 12.4. The molecule has 1 aromatic rings. The number of benzene rings is 1. The number of esters is 1. The van der Waals surface area contributed by atoms with Crippen LogP contribution >= 0.6 is 0 Å². The van der Waals surface area contributed by atoms with Gasteiger partial charge in [-0.3, -0.25) is 9.59 Å². The van der Waals surface area contributed by atoms with Gasteiger partial charge in [-0.05, 0) is 39.7 Å². The highest BCUT2D eigenvalue weighted by Crippen LogP contribution is 2.41. The Bertz CT molecular complexity index is 685. The highest BCUT2D eigenvalue weighted by atomic mass is 16.5. The van der Waals surface area contributed by atoms with Gasteiger partial charge in [0.2, 0.25) is 0 Å². The second kappa shape index (κ2) is 7.56. The van der Waals surface area contributed by atoms with Crippen LogP contribution in [0.3, 0.4) is 0 Å². The van der Waals surface area contributed by atoms with Gasteiger partial charge >= 0.3 is 5.97 Å². The third-order valence-electron chi connectivity index (χ3n) is 4.80. The number of likely N-dealkylation sites (tertiary alicyclic amines) is 1. The number of carbonyl (C=O) groups is 2. The number of carbonyl (C=O) groups excluding carboxylic acids is 2. The van der Waals surface area contributed by atoms with E-state index in [2.05, 4.69) is 0 Å². The minimum Gasteiger partial charge on any atom is -0.483 e. The Morgan fingerprint density at radius 1 is 1.35 bits per heavy atom. The van der Waals surface area contributed by atoms with Crippen molar-refractivity contribution in [3.05, 3.63) is 23.8 Å². The first-order valence-electron chi connectivity index (χ1n) is 9.28. The van der Waals surface area contributed by atoms with Crippen LogP contribution in [0.25, 0.3) is 0 Å². The van der Waals surface area contributed by atoms with E-state index in [1.54, 1.807) is 11.8 Å². The van der Waals surface area contributed by atoms with Crippen molar-refractivity contribution in [3.8, 4) is 11.5 Å². The molecule has 0 aromatic heterocycles. The van der Waals surface area contributed by atoms with E-state index in [-0.39, 0.29) is 30.0 Å². The smallest absolute Gasteiger partial charge is 0.310 e. The lowest BCUT2D eigenvalue weighted by molar-refractivity contribution is -0.151. The highest BCUT2D eigenvalue weighted by Gasteiger charge is 2.33. The summed E-state index contributed by atoms with van der Waals surface area (Å²) in [6.07, 6.45) is 2.38. The van der Waals surface area contributed by atoms with Crippen molar-refractivity contribution in [1.82, 2.24) is 4.90 Å². The van der Waals surface area contributed by atoms with Crippen molar-refractivity contribution in [3.63, 3.8) is 0 Å². The molecule has 0 bridgehead atoms. The van der Waals surface area contributed by atoms with E-state index in [1.807, 2.05) is 32.0 Å². The molecule has 0 spiro atoms. The van der Waals surface area contributed by atoms with Crippen LogP contribution in [-0.2, 0) is 20.7 Å². The van der Waals surface area contributed by atoms with E-state index in [4.69, 9.17) is 14.2 Å². The third kappa shape index (κ3) is 4.11. The van der Waals surface area contributed by atoms with E-state index >= 15 is 0 Å². The molecule has 2 aliphatic rings. The summed E-state index contributed by atoms with van der Waals surface area (Å²) in [4.78, 5) is 26.2. The standard InChI is InChI=1S/C20H27NO5/c1-4-24-19(23)15-8-6-10-21(12-15)17(22)13-25-16-9-5-7-14-11-20(2,3)26-18(14)16/h5,7,9,15H,4,6,8,10-13H2,1-3H3. The number of rotatable bonds is 5. The number of nitrogens with zero attached hydrogens (tertiary/aromatic N) is 1. The molecule has 1 fully saturated rings. The number of ether oxygens (including phenoxy) is 3. The summed E-state index contributed by atoms with van der Waals surface area (Å²) in [6, 6.07) is 5.76. The predicted molar refractivity (Wildman–Crippen MR) is 96.3 cm³/mol. The fourth-order valence-corrected chi connectivity index (χ4v) is 3.59. The van der Waals surface area contributed by atoms with Crippen LogP contribution in [-0.4, -0.2) is 48.7 Å². The first kappa shape index (κ1) is 18.5. The summed E-state index contributed by atoms with van der Waals surface area (Å²) in [6.45, 7) is 7.21. The minimum absolute atomic E-state index is 0.0597. The molecule has 142 valence electrons. The van der Waals surface area contributed by atoms with Crippen molar-refractivity contribution in [1.29, 1.82) is 0 Å². The van der Waals surface area contributed by atoms with E-state index in [0.717, 1.165) is 30.6 Å². The van der Waals surface area contributed by atoms with Gasteiger partial charge in [0.05, 0.1) is 12.5 Å². The maximum absolute atomic E-state index is 12.5. The SMILES string of the molecule is CCOC(=O)C1CCCN(C(=O)COc2cccc3c2OC(C)(C)C3)C1. The average Bonchev–Trinajstić information content (AvgIpc) is 2.94. The first-order valence-corrected chi connectivity index (χ1v) is 9.28. The zero-order valence-electron chi connectivity index (χ0n) is 15.7. The van der Waals surface area contributed by atoms with Crippen LogP contribution in [0.1, 0.15) is 39.2 Å². The fraction of sp³-hybridized carbons (Fsp3) is 0.600. The van der Waals surface area contributed by atoms with Gasteiger partial charge in [-0.25, -0.2) is 0 Å². The normalized spacial score (nSPS) is 20.9. The van der Waals surface area contributed by atoms with Gasteiger partial charge in [0.15, 0.2) is 18.1 Å². The summed E-state index contributed by atoms with van der Waals surface area (Å²) < 4.78 is 16.8. The zero-order valence-corrected chi connectivity index (χ0v) is 15.7. The third-order valence-corrected chi connectivity index (χ3v) is 4.80. The Balaban J connectivity index is 1.58. The van der Waals surface area contributed by atoms with Gasteiger partial charge < -0.3 is 19.1 Å². The van der Waals surface area contributed by atoms with Crippen LogP contribution in [0, 0.1) is 5.92 Å². The molecule has 1 unspecified atom stereocenters. The number of hydrogen-bond acceptors (Lipinski definition) is 5. The molecule has 0 saturated carbocycles. The van der Waals surface area contributed by atoms with Gasteiger partial charge in [0.1, 0.15) is 5.60 Å². The summed E-state index contributed by atoms with van der Waals surface area (Å²) in [7, 11) is 0. The molecule has 1 aromatic carbocycles. The van der Waals surface area contributed by atoms with Gasteiger partial charge in [0, 0.05) is 25.1 Å². The quantitative estimate of drug-likeness (QED) is 0.754.